The summed E-state index contributed by atoms with van der Waals surface area (Å²) < 4.78 is 9.90. The maximum atomic E-state index is 11.2. The molecule has 0 fully saturated rings. The molecule has 0 amide bonds. The van der Waals surface area contributed by atoms with Crippen molar-refractivity contribution in [1.29, 1.82) is 0 Å². The maximum absolute atomic E-state index is 11.2. The van der Waals surface area contributed by atoms with Crippen LogP contribution in [0.4, 0.5) is 11.4 Å². The molecule has 0 radical (unpaired) electrons. The van der Waals surface area contributed by atoms with Crippen LogP contribution in [0.25, 0.3) is 11.1 Å². The topological polar surface area (TPSA) is 105 Å². The van der Waals surface area contributed by atoms with Crippen molar-refractivity contribution in [3.8, 4) is 22.6 Å². The van der Waals surface area contributed by atoms with Crippen molar-refractivity contribution in [2.45, 2.75) is 0 Å². The Balaban J connectivity index is 2.70. The van der Waals surface area contributed by atoms with Gasteiger partial charge in [-0.25, -0.2) is 0 Å². The Bertz CT molecular complexity index is 681. The first-order chi connectivity index (χ1) is 10.5. The molecule has 0 aromatic heterocycles. The van der Waals surface area contributed by atoms with Crippen molar-refractivity contribution in [2.75, 3.05) is 14.2 Å². The lowest BCUT2D eigenvalue weighted by Crippen LogP contribution is -1.97. The molecule has 0 saturated carbocycles. The Morgan fingerprint density at radius 2 is 1.14 bits per heavy atom. The third kappa shape index (κ3) is 2.80. The summed E-state index contributed by atoms with van der Waals surface area (Å²) in [6, 6.07) is 8.32. The van der Waals surface area contributed by atoms with Gasteiger partial charge in [0.05, 0.1) is 47.3 Å². The highest BCUT2D eigenvalue weighted by atomic mass is 16.6. The fourth-order valence-electron chi connectivity index (χ4n) is 2.03. The summed E-state index contributed by atoms with van der Waals surface area (Å²) in [6.07, 6.45) is 0. The average molecular weight is 304 g/mol. The fraction of sp³-hybridized carbons (Fsp3) is 0.143. The van der Waals surface area contributed by atoms with Crippen molar-refractivity contribution in [3.63, 3.8) is 0 Å². The van der Waals surface area contributed by atoms with Crippen LogP contribution in [-0.4, -0.2) is 24.1 Å². The molecule has 2 aromatic carbocycles. The summed E-state index contributed by atoms with van der Waals surface area (Å²) in [7, 11) is 2.77. The molecule has 2 rings (SSSR count). The molecule has 0 aliphatic carbocycles. The van der Waals surface area contributed by atoms with Crippen molar-refractivity contribution < 1.29 is 19.3 Å². The van der Waals surface area contributed by atoms with E-state index in [1.807, 2.05) is 0 Å². The van der Waals surface area contributed by atoms with E-state index in [4.69, 9.17) is 9.47 Å². The lowest BCUT2D eigenvalue weighted by Gasteiger charge is -2.08. The number of nitro groups is 2. The van der Waals surface area contributed by atoms with Crippen LogP contribution >= 0.6 is 0 Å². The first kappa shape index (κ1) is 15.2. The van der Waals surface area contributed by atoms with E-state index in [2.05, 4.69) is 0 Å². The van der Waals surface area contributed by atoms with Gasteiger partial charge >= 0.3 is 0 Å². The normalized spacial score (nSPS) is 10.1. The second kappa shape index (κ2) is 6.08. The van der Waals surface area contributed by atoms with Gasteiger partial charge in [0.1, 0.15) is 11.5 Å². The van der Waals surface area contributed by atoms with Gasteiger partial charge < -0.3 is 9.47 Å². The molecule has 0 aliphatic heterocycles. The lowest BCUT2D eigenvalue weighted by atomic mass is 10.0. The second-order valence-corrected chi connectivity index (χ2v) is 4.28. The van der Waals surface area contributed by atoms with E-state index in [1.54, 1.807) is 0 Å². The molecule has 0 N–H and O–H groups in total. The highest BCUT2D eigenvalue weighted by molar-refractivity contribution is 5.81. The number of ether oxygens (including phenoxy) is 2. The third-order valence-electron chi connectivity index (χ3n) is 3.09. The fourth-order valence-corrected chi connectivity index (χ4v) is 2.03. The van der Waals surface area contributed by atoms with Gasteiger partial charge in [-0.05, 0) is 24.3 Å². The summed E-state index contributed by atoms with van der Waals surface area (Å²) >= 11 is 0. The number of nitrogens with zero attached hydrogens (tertiary/aromatic N) is 2. The lowest BCUT2D eigenvalue weighted by molar-refractivity contribution is -0.386. The van der Waals surface area contributed by atoms with Gasteiger partial charge in [0.15, 0.2) is 0 Å². The van der Waals surface area contributed by atoms with Crippen LogP contribution in [-0.2, 0) is 0 Å². The standard InChI is InChI=1S/C14H12N2O6/c1-21-9-3-5-11(13(7-9)15(17)18)12-6-4-10(22-2)8-14(12)16(19)20/h3-8H,1-2H3. The zero-order valence-corrected chi connectivity index (χ0v) is 11.8. The third-order valence-corrected chi connectivity index (χ3v) is 3.09. The number of benzene rings is 2. The van der Waals surface area contributed by atoms with E-state index in [1.165, 1.54) is 50.6 Å². The van der Waals surface area contributed by atoms with Gasteiger partial charge in [-0.3, -0.25) is 20.2 Å². The Kier molecular flexibility index (Phi) is 4.21. The molecule has 0 unspecified atom stereocenters. The number of hydrogen-bond acceptors (Lipinski definition) is 6. The van der Waals surface area contributed by atoms with Gasteiger partial charge in [0.25, 0.3) is 11.4 Å². The van der Waals surface area contributed by atoms with E-state index < -0.39 is 9.85 Å². The molecule has 2 aromatic rings. The van der Waals surface area contributed by atoms with Crippen LogP contribution in [0.1, 0.15) is 0 Å². The summed E-state index contributed by atoms with van der Waals surface area (Å²) in [4.78, 5) is 21.2. The first-order valence-corrected chi connectivity index (χ1v) is 6.13. The number of methoxy groups -OCH3 is 2. The van der Waals surface area contributed by atoms with E-state index in [0.717, 1.165) is 0 Å². The monoisotopic (exact) mass is 304 g/mol. The van der Waals surface area contributed by atoms with Crippen molar-refractivity contribution >= 4 is 11.4 Å². The quantitative estimate of drug-likeness (QED) is 0.620. The number of rotatable bonds is 5. The van der Waals surface area contributed by atoms with E-state index in [0.29, 0.717) is 11.5 Å². The molecule has 114 valence electrons. The van der Waals surface area contributed by atoms with Crippen LogP contribution < -0.4 is 9.47 Å². The number of nitro benzene ring substituents is 2. The van der Waals surface area contributed by atoms with E-state index in [-0.39, 0.29) is 22.5 Å². The molecule has 8 nitrogen and oxygen atoms in total. The summed E-state index contributed by atoms with van der Waals surface area (Å²) in [5.74, 6) is 0.596. The average Bonchev–Trinajstić information content (AvgIpc) is 2.53. The molecular weight excluding hydrogens is 292 g/mol. The molecule has 0 spiro atoms. The van der Waals surface area contributed by atoms with Gasteiger partial charge in [0.2, 0.25) is 0 Å². The summed E-state index contributed by atoms with van der Waals surface area (Å²) in [5.41, 5.74) is -0.263. The van der Waals surface area contributed by atoms with Gasteiger partial charge in [-0.1, -0.05) is 0 Å². The minimum atomic E-state index is -0.605. The SMILES string of the molecule is COc1ccc(-c2ccc(OC)cc2[N+](=O)[O-])c([N+](=O)[O-])c1. The largest absolute Gasteiger partial charge is 0.497 e. The summed E-state index contributed by atoms with van der Waals surface area (Å²) in [6.45, 7) is 0. The van der Waals surface area contributed by atoms with Crippen LogP contribution in [0.2, 0.25) is 0 Å². The highest BCUT2D eigenvalue weighted by Gasteiger charge is 2.24. The first-order valence-electron chi connectivity index (χ1n) is 6.13. The minimum absolute atomic E-state index is 0.139. The maximum Gasteiger partial charge on any atom is 0.281 e. The van der Waals surface area contributed by atoms with Crippen molar-refractivity contribution in [3.05, 3.63) is 56.6 Å². The Labute approximate surface area is 125 Å². The molecule has 0 atom stereocenters. The van der Waals surface area contributed by atoms with Gasteiger partial charge in [-0.15, -0.1) is 0 Å². The molecular formula is C14H12N2O6. The zero-order chi connectivity index (χ0) is 16.3. The molecule has 0 heterocycles. The zero-order valence-electron chi connectivity index (χ0n) is 11.8. The van der Waals surface area contributed by atoms with E-state index in [9.17, 15) is 20.2 Å². The smallest absolute Gasteiger partial charge is 0.281 e. The minimum Gasteiger partial charge on any atom is -0.497 e. The Morgan fingerprint density at radius 3 is 1.41 bits per heavy atom. The van der Waals surface area contributed by atoms with Crippen LogP contribution in [0.15, 0.2) is 36.4 Å². The molecule has 22 heavy (non-hydrogen) atoms. The Hall–Kier alpha value is -3.16. The van der Waals surface area contributed by atoms with Crippen LogP contribution in [0, 0.1) is 20.2 Å². The molecule has 0 saturated heterocycles. The summed E-state index contributed by atoms with van der Waals surface area (Å²) in [5, 5.41) is 22.4. The van der Waals surface area contributed by atoms with E-state index >= 15 is 0 Å². The highest BCUT2D eigenvalue weighted by Crippen LogP contribution is 2.39. The van der Waals surface area contributed by atoms with Crippen LogP contribution in [0.5, 0.6) is 11.5 Å². The Morgan fingerprint density at radius 1 is 0.773 bits per heavy atom. The molecule has 8 heteroatoms. The van der Waals surface area contributed by atoms with Gasteiger partial charge in [-0.2, -0.15) is 0 Å². The van der Waals surface area contributed by atoms with Crippen LogP contribution in [0.3, 0.4) is 0 Å². The number of hydrogen-bond donors (Lipinski definition) is 0. The predicted octanol–water partition coefficient (Wildman–Crippen LogP) is 3.19. The molecule has 0 aliphatic rings. The van der Waals surface area contributed by atoms with Gasteiger partial charge in [0, 0.05) is 0 Å². The van der Waals surface area contributed by atoms with Crippen molar-refractivity contribution in [2.24, 2.45) is 0 Å². The predicted molar refractivity (Wildman–Crippen MR) is 78.3 cm³/mol. The molecule has 0 bridgehead atoms. The van der Waals surface area contributed by atoms with Crippen molar-refractivity contribution in [1.82, 2.24) is 0 Å². The second-order valence-electron chi connectivity index (χ2n) is 4.28.